The van der Waals surface area contributed by atoms with E-state index in [-0.39, 0.29) is 16.3 Å². The van der Waals surface area contributed by atoms with Gasteiger partial charge < -0.3 is 14.9 Å². The number of para-hydroxylation sites is 2. The van der Waals surface area contributed by atoms with Crippen molar-refractivity contribution in [2.45, 2.75) is 13.0 Å². The van der Waals surface area contributed by atoms with Crippen LogP contribution in [0.5, 0.6) is 0 Å². The van der Waals surface area contributed by atoms with Crippen molar-refractivity contribution in [3.63, 3.8) is 0 Å². The number of amides is 2. The molecule has 5 N–H and O–H groups in total. The van der Waals surface area contributed by atoms with Crippen LogP contribution in [0.25, 0.3) is 33.0 Å². The number of fused-ring (bicyclic) bond motifs is 2. The highest BCUT2D eigenvalue weighted by atomic mass is 32.2. The number of nitrogens with zero attached hydrogens (tertiary/aromatic N) is 2. The quantitative estimate of drug-likeness (QED) is 0.0932. The third-order valence-electron chi connectivity index (χ3n) is 5.77. The lowest BCUT2D eigenvalue weighted by molar-refractivity contribution is -0.122. The maximum absolute atomic E-state index is 13.1. The van der Waals surface area contributed by atoms with Crippen molar-refractivity contribution in [3.8, 4) is 0 Å². The van der Waals surface area contributed by atoms with Gasteiger partial charge in [0.05, 0.1) is 17.4 Å². The fraction of sp³-hybridized carbons (Fsp3) is 0.192. The second kappa shape index (κ2) is 10.9. The maximum Gasteiger partial charge on any atom is 0.261 e. The zero-order valence-corrected chi connectivity index (χ0v) is 21.9. The van der Waals surface area contributed by atoms with E-state index in [0.717, 1.165) is 21.9 Å². The van der Waals surface area contributed by atoms with Gasteiger partial charge in [0.25, 0.3) is 21.9 Å². The van der Waals surface area contributed by atoms with Gasteiger partial charge >= 0.3 is 0 Å². The molecule has 2 aromatic heterocycles. The van der Waals surface area contributed by atoms with Crippen LogP contribution in [0.3, 0.4) is 0 Å². The molecule has 0 saturated heterocycles. The topological polar surface area (TPSA) is 160 Å². The van der Waals surface area contributed by atoms with Gasteiger partial charge in [0, 0.05) is 68.7 Å². The molecular formula is C26H27N5O5S2. The summed E-state index contributed by atoms with van der Waals surface area (Å²) < 4.78 is 52.9. The molecule has 38 heavy (non-hydrogen) atoms. The van der Waals surface area contributed by atoms with Gasteiger partial charge in [-0.1, -0.05) is 48.2 Å². The van der Waals surface area contributed by atoms with Crippen LogP contribution in [-0.2, 0) is 33.2 Å². The van der Waals surface area contributed by atoms with Gasteiger partial charge in [-0.05, 0) is 18.6 Å². The molecule has 0 unspecified atom stereocenters. The van der Waals surface area contributed by atoms with Crippen LogP contribution in [0.15, 0.2) is 60.9 Å². The number of benzene rings is 2. The van der Waals surface area contributed by atoms with Gasteiger partial charge in [0.2, 0.25) is 0 Å². The first kappa shape index (κ1) is 23.3. The first-order valence-electron chi connectivity index (χ1n) is 12.8. The molecule has 2 amide bonds. The summed E-state index contributed by atoms with van der Waals surface area (Å²) in [6, 6.07) is 14.6. The van der Waals surface area contributed by atoms with Crippen LogP contribution in [0, 0.1) is 5.41 Å². The summed E-state index contributed by atoms with van der Waals surface area (Å²) in [4.78, 5) is 26.2. The standard InChI is InChI=1S/C25H23N5O2S.CH4O3S/c1-29-13-17(15-7-2-4-9-19(15)29)21-22(24(32)28-23(21)31)18-14-30(11-6-12-33-25(26)27)20-10-5-3-8-16(18)20;1-5(2,3)4/h2-5,7-10,13-14H,6,11-12H2,1H3,(H3,26,27)(H,28,31,32);1H3,(H,2,3,4)/i1D3;. The highest BCUT2D eigenvalue weighted by molar-refractivity contribution is 8.13. The Kier molecular flexibility index (Phi) is 6.65. The molecule has 5 rings (SSSR count). The van der Waals surface area contributed by atoms with E-state index in [2.05, 4.69) is 5.32 Å². The Morgan fingerprint density at radius 3 is 2.13 bits per heavy atom. The van der Waals surface area contributed by atoms with E-state index in [1.165, 1.54) is 18.0 Å². The third kappa shape index (κ3) is 5.82. The molecule has 3 heterocycles. The predicted molar refractivity (Wildman–Crippen MR) is 151 cm³/mol. The first-order valence-corrected chi connectivity index (χ1v) is 14.2. The summed E-state index contributed by atoms with van der Waals surface area (Å²) in [5.74, 6) is -0.396. The summed E-state index contributed by atoms with van der Waals surface area (Å²) in [5, 5.41) is 11.3. The van der Waals surface area contributed by atoms with Gasteiger partial charge in [-0.3, -0.25) is 24.9 Å². The Hall–Kier alpha value is -3.87. The number of nitrogens with two attached hydrogens (primary N) is 1. The maximum atomic E-state index is 13.1. The molecule has 0 spiro atoms. The van der Waals surface area contributed by atoms with Gasteiger partial charge in [0.15, 0.2) is 5.17 Å². The van der Waals surface area contributed by atoms with Crippen LogP contribution in [-0.4, -0.2) is 51.1 Å². The van der Waals surface area contributed by atoms with Crippen LogP contribution in [0.2, 0.25) is 0 Å². The zero-order valence-electron chi connectivity index (χ0n) is 23.3. The number of carbonyl (C=O) groups excluding carboxylic acids is 2. The Balaban J connectivity index is 0.000000714. The summed E-state index contributed by atoms with van der Waals surface area (Å²) in [6.45, 7) is -1.82. The Labute approximate surface area is 228 Å². The number of thioether (sulfide) groups is 1. The highest BCUT2D eigenvalue weighted by Gasteiger charge is 2.35. The molecule has 198 valence electrons. The fourth-order valence-electron chi connectivity index (χ4n) is 4.40. The molecule has 0 radical (unpaired) electrons. The summed E-state index contributed by atoms with van der Waals surface area (Å²) in [5.41, 5.74) is 8.19. The van der Waals surface area contributed by atoms with Gasteiger partial charge in [-0.15, -0.1) is 0 Å². The number of imide groups is 1. The summed E-state index contributed by atoms with van der Waals surface area (Å²) >= 11 is 1.27. The number of hydrogen-bond acceptors (Lipinski definition) is 6. The molecule has 0 fully saturated rings. The molecule has 0 saturated carbocycles. The second-order valence-corrected chi connectivity index (χ2v) is 11.1. The van der Waals surface area contributed by atoms with E-state index < -0.39 is 28.9 Å². The summed E-state index contributed by atoms with van der Waals surface area (Å²) in [6.07, 6.45) is 4.77. The smallest absolute Gasteiger partial charge is 0.261 e. The van der Waals surface area contributed by atoms with Crippen LogP contribution in [0.1, 0.15) is 21.7 Å². The predicted octanol–water partition coefficient (Wildman–Crippen LogP) is 3.22. The molecule has 10 nitrogen and oxygen atoms in total. The Morgan fingerprint density at radius 2 is 1.55 bits per heavy atom. The minimum absolute atomic E-state index is 0.0696. The number of rotatable bonds is 6. The zero-order chi connectivity index (χ0) is 30.1. The lowest BCUT2D eigenvalue weighted by Crippen LogP contribution is -2.22. The van der Waals surface area contributed by atoms with E-state index >= 15 is 0 Å². The van der Waals surface area contributed by atoms with Crippen LogP contribution in [0.4, 0.5) is 0 Å². The van der Waals surface area contributed by atoms with Crippen molar-refractivity contribution in [2.24, 2.45) is 12.7 Å². The van der Waals surface area contributed by atoms with Gasteiger partial charge in [-0.2, -0.15) is 8.42 Å². The average Bonchev–Trinajstić information content (AvgIpc) is 3.51. The van der Waals surface area contributed by atoms with Crippen molar-refractivity contribution in [1.29, 1.82) is 5.41 Å². The van der Waals surface area contributed by atoms with Crippen molar-refractivity contribution in [1.82, 2.24) is 14.5 Å². The highest BCUT2D eigenvalue weighted by Crippen LogP contribution is 2.38. The molecule has 4 aromatic rings. The first-order chi connectivity index (χ1) is 19.2. The lowest BCUT2D eigenvalue weighted by Gasteiger charge is -2.04. The van der Waals surface area contributed by atoms with Crippen molar-refractivity contribution < 1.29 is 26.7 Å². The molecule has 0 aliphatic carbocycles. The minimum Gasteiger partial charge on any atom is -0.379 e. The SMILES string of the molecule is CS(=O)(=O)O.[2H]C([2H])([2H])n1cc(C2=C(c3cn(CCCSC(=N)N)c4ccccc34)C(=O)NC2=O)c2ccccc21. The monoisotopic (exact) mass is 556 g/mol. The average molecular weight is 557 g/mol. The third-order valence-corrected chi connectivity index (χ3v) is 6.58. The fourth-order valence-corrected chi connectivity index (χ4v) is 4.89. The number of nitrogens with one attached hydrogen (secondary N) is 2. The lowest BCUT2D eigenvalue weighted by atomic mass is 9.95. The number of amidine groups is 1. The molecule has 1 aliphatic heterocycles. The molecule has 2 aromatic carbocycles. The molecular weight excluding hydrogens is 526 g/mol. The van der Waals surface area contributed by atoms with Gasteiger partial charge in [-0.25, -0.2) is 0 Å². The van der Waals surface area contributed by atoms with E-state index in [4.69, 9.17) is 19.8 Å². The molecule has 1 aliphatic rings. The molecule has 0 bridgehead atoms. The van der Waals surface area contributed by atoms with Crippen LogP contribution >= 0.6 is 11.8 Å². The molecule has 12 heteroatoms. The Morgan fingerprint density at radius 1 is 1.03 bits per heavy atom. The summed E-state index contributed by atoms with van der Waals surface area (Å²) in [7, 11) is -3.67. The van der Waals surface area contributed by atoms with E-state index in [1.54, 1.807) is 24.3 Å². The number of hydrogen-bond donors (Lipinski definition) is 4. The number of carbonyl (C=O) groups is 2. The van der Waals surface area contributed by atoms with E-state index in [1.807, 2.05) is 35.0 Å². The number of aromatic nitrogens is 2. The van der Waals surface area contributed by atoms with E-state index in [0.29, 0.717) is 40.6 Å². The van der Waals surface area contributed by atoms with Crippen molar-refractivity contribution >= 4 is 71.8 Å². The second-order valence-electron chi connectivity index (χ2n) is 8.52. The minimum atomic E-state index is -3.67. The normalized spacial score (nSPS) is 15.2. The van der Waals surface area contributed by atoms with Gasteiger partial charge in [0.1, 0.15) is 0 Å². The van der Waals surface area contributed by atoms with Crippen molar-refractivity contribution in [3.05, 3.63) is 72.1 Å². The largest absolute Gasteiger partial charge is 0.379 e. The van der Waals surface area contributed by atoms with E-state index in [9.17, 15) is 18.0 Å². The molecule has 0 atom stereocenters. The van der Waals surface area contributed by atoms with Crippen molar-refractivity contribution in [2.75, 3.05) is 12.0 Å². The van der Waals surface area contributed by atoms with Crippen LogP contribution < -0.4 is 11.1 Å². The Bertz CT molecular complexity index is 1820. The number of aryl methyl sites for hydroxylation is 2.